The number of aliphatic imine (C=N–C) groups is 1. The summed E-state index contributed by atoms with van der Waals surface area (Å²) in [5, 5.41) is 4.34. The van der Waals surface area contributed by atoms with Crippen molar-refractivity contribution in [2.45, 2.75) is 13.5 Å². The van der Waals surface area contributed by atoms with E-state index in [2.05, 4.69) is 10.1 Å². The van der Waals surface area contributed by atoms with Gasteiger partial charge in [0.15, 0.2) is 5.70 Å². The van der Waals surface area contributed by atoms with Gasteiger partial charge < -0.3 is 4.74 Å². The molecular weight excluding hydrogens is 326 g/mol. The molecule has 1 aromatic heterocycles. The molecule has 1 aliphatic rings. The lowest BCUT2D eigenvalue weighted by atomic mass is 10.1. The second-order valence-corrected chi connectivity index (χ2v) is 6.16. The minimum Gasteiger partial charge on any atom is -0.402 e. The lowest BCUT2D eigenvalue weighted by molar-refractivity contribution is -0.129. The summed E-state index contributed by atoms with van der Waals surface area (Å²) < 4.78 is 7.13. The second kappa shape index (κ2) is 6.80. The van der Waals surface area contributed by atoms with Crippen LogP contribution in [0, 0.1) is 6.92 Å². The van der Waals surface area contributed by atoms with Gasteiger partial charge >= 0.3 is 5.97 Å². The van der Waals surface area contributed by atoms with E-state index >= 15 is 0 Å². The molecule has 5 heteroatoms. The SMILES string of the molecule is Cc1cccc(C2=N/C(=C\c3cnn(Cc4ccccc4)c3)C(=O)O2)c1. The monoisotopic (exact) mass is 343 g/mol. The molecule has 3 aromatic rings. The Kier molecular flexibility index (Phi) is 4.19. The Bertz CT molecular complexity index is 1020. The van der Waals surface area contributed by atoms with Gasteiger partial charge in [0.05, 0.1) is 12.7 Å². The van der Waals surface area contributed by atoms with E-state index < -0.39 is 5.97 Å². The predicted octanol–water partition coefficient (Wildman–Crippen LogP) is 3.58. The van der Waals surface area contributed by atoms with Gasteiger partial charge in [-0.3, -0.25) is 4.68 Å². The summed E-state index contributed by atoms with van der Waals surface area (Å²) in [4.78, 5) is 16.5. The van der Waals surface area contributed by atoms with Crippen molar-refractivity contribution in [2.75, 3.05) is 0 Å². The highest BCUT2D eigenvalue weighted by molar-refractivity contribution is 6.12. The number of nitrogens with zero attached hydrogens (tertiary/aromatic N) is 3. The van der Waals surface area contributed by atoms with Crippen LogP contribution in [0.25, 0.3) is 6.08 Å². The summed E-state index contributed by atoms with van der Waals surface area (Å²) in [5.74, 6) is -0.112. The van der Waals surface area contributed by atoms with E-state index in [4.69, 9.17) is 4.74 Å². The fourth-order valence-corrected chi connectivity index (χ4v) is 2.78. The number of carbonyl (C=O) groups is 1. The summed E-state index contributed by atoms with van der Waals surface area (Å²) in [7, 11) is 0. The third kappa shape index (κ3) is 3.47. The van der Waals surface area contributed by atoms with E-state index in [1.54, 1.807) is 12.3 Å². The molecule has 0 saturated heterocycles. The van der Waals surface area contributed by atoms with Crippen LogP contribution in [-0.4, -0.2) is 21.6 Å². The van der Waals surface area contributed by atoms with Gasteiger partial charge in [0.1, 0.15) is 0 Å². The molecule has 0 aliphatic carbocycles. The number of esters is 1. The molecule has 0 spiro atoms. The summed E-state index contributed by atoms with van der Waals surface area (Å²) in [6, 6.07) is 17.8. The third-order valence-electron chi connectivity index (χ3n) is 4.03. The zero-order chi connectivity index (χ0) is 17.9. The van der Waals surface area contributed by atoms with Crippen LogP contribution in [0.2, 0.25) is 0 Å². The van der Waals surface area contributed by atoms with Crippen molar-refractivity contribution in [3.05, 3.63) is 94.9 Å². The Morgan fingerprint density at radius 1 is 1.12 bits per heavy atom. The number of rotatable bonds is 4. The first-order valence-electron chi connectivity index (χ1n) is 8.33. The molecule has 0 fully saturated rings. The smallest absolute Gasteiger partial charge is 0.363 e. The van der Waals surface area contributed by atoms with Crippen LogP contribution in [0.4, 0.5) is 0 Å². The van der Waals surface area contributed by atoms with Crippen molar-refractivity contribution in [1.82, 2.24) is 9.78 Å². The average Bonchev–Trinajstić information content (AvgIpc) is 3.23. The first-order valence-corrected chi connectivity index (χ1v) is 8.33. The van der Waals surface area contributed by atoms with Crippen LogP contribution in [-0.2, 0) is 16.1 Å². The topological polar surface area (TPSA) is 56.5 Å². The maximum absolute atomic E-state index is 12.1. The van der Waals surface area contributed by atoms with Crippen molar-refractivity contribution in [2.24, 2.45) is 4.99 Å². The minimum absolute atomic E-state index is 0.278. The normalized spacial score (nSPS) is 15.2. The molecule has 2 heterocycles. The van der Waals surface area contributed by atoms with Gasteiger partial charge in [-0.1, -0.05) is 48.0 Å². The van der Waals surface area contributed by atoms with E-state index in [1.165, 1.54) is 0 Å². The predicted molar refractivity (Wildman–Crippen MR) is 99.6 cm³/mol. The maximum Gasteiger partial charge on any atom is 0.363 e. The molecule has 1 aliphatic heterocycles. The fraction of sp³-hybridized carbons (Fsp3) is 0.0952. The number of ether oxygens (including phenoxy) is 1. The second-order valence-electron chi connectivity index (χ2n) is 6.16. The molecule has 128 valence electrons. The quantitative estimate of drug-likeness (QED) is 0.537. The Morgan fingerprint density at radius 2 is 1.96 bits per heavy atom. The van der Waals surface area contributed by atoms with Crippen LogP contribution >= 0.6 is 0 Å². The number of benzene rings is 2. The van der Waals surface area contributed by atoms with Crippen LogP contribution in [0.15, 0.2) is 77.7 Å². The highest BCUT2D eigenvalue weighted by atomic mass is 16.6. The number of hydrogen-bond donors (Lipinski definition) is 0. The van der Waals surface area contributed by atoms with Gasteiger partial charge in [0.25, 0.3) is 0 Å². The summed E-state index contributed by atoms with van der Waals surface area (Å²) in [5.41, 5.74) is 4.13. The molecule has 0 unspecified atom stereocenters. The van der Waals surface area contributed by atoms with E-state index in [-0.39, 0.29) is 5.70 Å². The van der Waals surface area contributed by atoms with Gasteiger partial charge in [0.2, 0.25) is 5.90 Å². The van der Waals surface area contributed by atoms with Gasteiger partial charge in [-0.05, 0) is 30.7 Å². The van der Waals surface area contributed by atoms with Crippen LogP contribution in [0.1, 0.15) is 22.3 Å². The number of hydrogen-bond acceptors (Lipinski definition) is 4. The molecule has 2 aromatic carbocycles. The standard InChI is InChI=1S/C21H17N3O2/c1-15-6-5-9-18(10-15)20-23-19(21(25)26-20)11-17-12-22-24(14-17)13-16-7-3-2-4-8-16/h2-12,14H,13H2,1H3/b19-11-. The van der Waals surface area contributed by atoms with Gasteiger partial charge in [-0.25, -0.2) is 9.79 Å². The van der Waals surface area contributed by atoms with Gasteiger partial charge in [-0.2, -0.15) is 5.10 Å². The first-order chi connectivity index (χ1) is 12.7. The molecule has 0 saturated carbocycles. The molecular formula is C21H17N3O2. The van der Waals surface area contributed by atoms with Crippen molar-refractivity contribution in [3.63, 3.8) is 0 Å². The van der Waals surface area contributed by atoms with Crippen molar-refractivity contribution < 1.29 is 9.53 Å². The number of aryl methyl sites for hydroxylation is 1. The molecule has 5 nitrogen and oxygen atoms in total. The van der Waals surface area contributed by atoms with E-state index in [9.17, 15) is 4.79 Å². The zero-order valence-electron chi connectivity index (χ0n) is 14.3. The van der Waals surface area contributed by atoms with Gasteiger partial charge in [-0.15, -0.1) is 0 Å². The Balaban J connectivity index is 1.55. The molecule has 26 heavy (non-hydrogen) atoms. The highest BCUT2D eigenvalue weighted by Crippen LogP contribution is 2.19. The van der Waals surface area contributed by atoms with Crippen molar-refractivity contribution in [1.29, 1.82) is 0 Å². The average molecular weight is 343 g/mol. The Morgan fingerprint density at radius 3 is 2.77 bits per heavy atom. The molecule has 0 radical (unpaired) electrons. The third-order valence-corrected chi connectivity index (χ3v) is 4.03. The zero-order valence-corrected chi connectivity index (χ0v) is 14.3. The number of carbonyl (C=O) groups excluding carboxylic acids is 1. The van der Waals surface area contributed by atoms with E-state index in [0.29, 0.717) is 12.4 Å². The molecule has 0 amide bonds. The number of aromatic nitrogens is 2. The van der Waals surface area contributed by atoms with Crippen molar-refractivity contribution >= 4 is 17.9 Å². The highest BCUT2D eigenvalue weighted by Gasteiger charge is 2.24. The van der Waals surface area contributed by atoms with Crippen LogP contribution in [0.5, 0.6) is 0 Å². The summed E-state index contributed by atoms with van der Waals surface area (Å²) >= 11 is 0. The van der Waals surface area contributed by atoms with E-state index in [0.717, 1.165) is 22.3 Å². The lowest BCUT2D eigenvalue weighted by Gasteiger charge is -2.00. The largest absolute Gasteiger partial charge is 0.402 e. The lowest BCUT2D eigenvalue weighted by Crippen LogP contribution is -2.05. The van der Waals surface area contributed by atoms with E-state index in [1.807, 2.05) is 72.4 Å². The molecule has 4 rings (SSSR count). The minimum atomic E-state index is -0.447. The molecule has 0 atom stereocenters. The van der Waals surface area contributed by atoms with Crippen LogP contribution in [0.3, 0.4) is 0 Å². The van der Waals surface area contributed by atoms with Crippen molar-refractivity contribution in [3.8, 4) is 0 Å². The first kappa shape index (κ1) is 16.0. The summed E-state index contributed by atoms with van der Waals surface area (Å²) in [6.07, 6.45) is 5.29. The maximum atomic E-state index is 12.1. The Hall–Kier alpha value is -3.47. The van der Waals surface area contributed by atoms with Gasteiger partial charge in [0, 0.05) is 17.3 Å². The summed E-state index contributed by atoms with van der Waals surface area (Å²) in [6.45, 7) is 2.66. The Labute approximate surface area is 151 Å². The molecule has 0 N–H and O–H groups in total. The molecule has 0 bridgehead atoms. The number of cyclic esters (lactones) is 1. The van der Waals surface area contributed by atoms with Crippen LogP contribution < -0.4 is 0 Å². The fourth-order valence-electron chi connectivity index (χ4n) is 2.78.